The number of rotatable bonds is 5. The van der Waals surface area contributed by atoms with Crippen molar-refractivity contribution in [2.24, 2.45) is 11.8 Å². The zero-order valence-corrected chi connectivity index (χ0v) is 15.4. The van der Waals surface area contributed by atoms with Crippen molar-refractivity contribution < 1.29 is 19.1 Å². The number of fused-ring (bicyclic) bond motifs is 1. The number of nitrogens with zero attached hydrogens (tertiary/aromatic N) is 2. The Bertz CT molecular complexity index is 846. The number of hydrogen-bond donors (Lipinski definition) is 0. The molecule has 26 heavy (non-hydrogen) atoms. The Morgan fingerprint density at radius 1 is 1.19 bits per heavy atom. The summed E-state index contributed by atoms with van der Waals surface area (Å²) >= 11 is 3.09. The van der Waals surface area contributed by atoms with Gasteiger partial charge in [0.15, 0.2) is 0 Å². The molecule has 2 aromatic heterocycles. The Morgan fingerprint density at radius 3 is 2.58 bits per heavy atom. The van der Waals surface area contributed by atoms with Gasteiger partial charge in [-0.05, 0) is 24.3 Å². The summed E-state index contributed by atoms with van der Waals surface area (Å²) in [5.41, 5.74) is 0.656. The largest absolute Gasteiger partial charge is 0.458 e. The number of carbonyl (C=O) groups is 3. The standard InChI is InChI=1S/C18H16N2O4S2/c21-15(8-20-17(22)12-4-1-2-5-13(12)18(20)23)24-9-11-10-26-16(19-11)14-6-3-7-25-14/h1-3,6-7,10,12-13H,4-5,8-9H2. The second-order valence-corrected chi connectivity index (χ2v) is 8.01. The number of esters is 1. The molecule has 0 bridgehead atoms. The molecule has 2 aromatic rings. The van der Waals surface area contributed by atoms with E-state index in [1.165, 1.54) is 11.3 Å². The Kier molecular flexibility index (Phi) is 4.69. The fraction of sp³-hybridized carbons (Fsp3) is 0.333. The minimum atomic E-state index is -0.594. The van der Waals surface area contributed by atoms with Gasteiger partial charge in [0.1, 0.15) is 18.2 Å². The summed E-state index contributed by atoms with van der Waals surface area (Å²) in [4.78, 5) is 43.3. The van der Waals surface area contributed by atoms with Gasteiger partial charge in [0.2, 0.25) is 11.8 Å². The third kappa shape index (κ3) is 3.22. The van der Waals surface area contributed by atoms with E-state index in [1.807, 2.05) is 35.0 Å². The van der Waals surface area contributed by atoms with E-state index >= 15 is 0 Å². The number of allylic oxidation sites excluding steroid dienone is 2. The Hall–Kier alpha value is -2.32. The first kappa shape index (κ1) is 17.1. The van der Waals surface area contributed by atoms with Crippen LogP contribution >= 0.6 is 22.7 Å². The molecule has 0 saturated carbocycles. The minimum absolute atomic E-state index is 0.0331. The second kappa shape index (κ2) is 7.13. The number of likely N-dealkylation sites (tertiary alicyclic amines) is 1. The minimum Gasteiger partial charge on any atom is -0.458 e. The average Bonchev–Trinajstić information content (AvgIpc) is 3.38. The molecule has 0 radical (unpaired) electrons. The van der Waals surface area contributed by atoms with Crippen molar-refractivity contribution in [2.75, 3.05) is 6.54 Å². The quantitative estimate of drug-likeness (QED) is 0.447. The van der Waals surface area contributed by atoms with Gasteiger partial charge in [0.05, 0.1) is 22.4 Å². The SMILES string of the molecule is O=C(CN1C(=O)C2CC=CCC2C1=O)OCc1csc(-c2cccs2)n1. The van der Waals surface area contributed by atoms with Gasteiger partial charge in [-0.15, -0.1) is 22.7 Å². The predicted molar refractivity (Wildman–Crippen MR) is 97.3 cm³/mol. The molecule has 0 N–H and O–H groups in total. The molecule has 1 saturated heterocycles. The molecule has 0 spiro atoms. The van der Waals surface area contributed by atoms with Gasteiger partial charge in [-0.25, -0.2) is 4.98 Å². The highest BCUT2D eigenvalue weighted by molar-refractivity contribution is 7.20. The average molecular weight is 388 g/mol. The number of imide groups is 1. The van der Waals surface area contributed by atoms with Gasteiger partial charge in [0.25, 0.3) is 0 Å². The van der Waals surface area contributed by atoms with Crippen molar-refractivity contribution in [3.05, 3.63) is 40.7 Å². The molecule has 2 unspecified atom stereocenters. The number of ether oxygens (including phenoxy) is 1. The van der Waals surface area contributed by atoms with Gasteiger partial charge in [-0.2, -0.15) is 0 Å². The number of hydrogen-bond acceptors (Lipinski definition) is 7. The second-order valence-electron chi connectivity index (χ2n) is 6.20. The number of amides is 2. The summed E-state index contributed by atoms with van der Waals surface area (Å²) in [7, 11) is 0. The Labute approximate surface area is 158 Å². The fourth-order valence-corrected chi connectivity index (χ4v) is 4.86. The first-order valence-corrected chi connectivity index (χ1v) is 10.0. The zero-order valence-electron chi connectivity index (χ0n) is 13.8. The number of carbonyl (C=O) groups excluding carboxylic acids is 3. The van der Waals surface area contributed by atoms with Crippen molar-refractivity contribution in [1.82, 2.24) is 9.88 Å². The normalized spacial score (nSPS) is 21.9. The lowest BCUT2D eigenvalue weighted by molar-refractivity contribution is -0.153. The zero-order chi connectivity index (χ0) is 18.1. The Balaban J connectivity index is 1.33. The summed E-state index contributed by atoms with van der Waals surface area (Å²) in [5, 5.41) is 4.70. The summed E-state index contributed by atoms with van der Waals surface area (Å²) in [6.45, 7) is -0.294. The molecule has 4 rings (SSSR count). The maximum absolute atomic E-state index is 12.3. The maximum Gasteiger partial charge on any atom is 0.326 e. The fourth-order valence-electron chi connectivity index (χ4n) is 3.24. The molecule has 6 nitrogen and oxygen atoms in total. The van der Waals surface area contributed by atoms with Crippen LogP contribution in [-0.2, 0) is 25.7 Å². The summed E-state index contributed by atoms with van der Waals surface area (Å²) < 4.78 is 5.22. The van der Waals surface area contributed by atoms with Crippen molar-refractivity contribution in [3.8, 4) is 9.88 Å². The van der Waals surface area contributed by atoms with Crippen molar-refractivity contribution in [2.45, 2.75) is 19.4 Å². The van der Waals surface area contributed by atoms with Crippen LogP contribution in [0, 0.1) is 11.8 Å². The van der Waals surface area contributed by atoms with E-state index in [1.54, 1.807) is 11.3 Å². The molecule has 2 amide bonds. The Morgan fingerprint density at radius 2 is 1.92 bits per heavy atom. The topological polar surface area (TPSA) is 76.6 Å². The summed E-state index contributed by atoms with van der Waals surface area (Å²) in [6, 6.07) is 3.94. The first-order valence-electron chi connectivity index (χ1n) is 8.27. The smallest absolute Gasteiger partial charge is 0.326 e. The van der Waals surface area contributed by atoms with Crippen molar-refractivity contribution in [3.63, 3.8) is 0 Å². The molecular weight excluding hydrogens is 372 g/mol. The molecular formula is C18H16N2O4S2. The monoisotopic (exact) mass is 388 g/mol. The molecule has 1 aliphatic carbocycles. The summed E-state index contributed by atoms with van der Waals surface area (Å²) in [6.07, 6.45) is 4.96. The van der Waals surface area contributed by atoms with Crippen LogP contribution < -0.4 is 0 Å². The number of thiazole rings is 1. The van der Waals surface area contributed by atoms with Gasteiger partial charge < -0.3 is 4.74 Å². The third-order valence-corrected chi connectivity index (χ3v) is 6.48. The van der Waals surface area contributed by atoms with Crippen LogP contribution in [0.25, 0.3) is 9.88 Å². The summed E-state index contributed by atoms with van der Waals surface area (Å²) in [5.74, 6) is -1.78. The van der Waals surface area contributed by atoms with E-state index in [0.29, 0.717) is 18.5 Å². The molecule has 1 fully saturated rings. The third-order valence-electron chi connectivity index (χ3n) is 4.55. The maximum atomic E-state index is 12.3. The molecule has 134 valence electrons. The molecule has 2 atom stereocenters. The lowest BCUT2D eigenvalue weighted by atomic mass is 9.85. The lowest BCUT2D eigenvalue weighted by Gasteiger charge is -2.14. The van der Waals surface area contributed by atoms with Gasteiger partial charge in [-0.3, -0.25) is 19.3 Å². The number of thiophene rings is 1. The van der Waals surface area contributed by atoms with Crippen LogP contribution in [0.1, 0.15) is 18.5 Å². The van der Waals surface area contributed by atoms with E-state index in [4.69, 9.17) is 4.74 Å². The van der Waals surface area contributed by atoms with Crippen molar-refractivity contribution >= 4 is 40.5 Å². The van der Waals surface area contributed by atoms with Gasteiger partial charge in [0, 0.05) is 5.38 Å². The van der Waals surface area contributed by atoms with E-state index in [2.05, 4.69) is 4.98 Å². The van der Waals surface area contributed by atoms with Crippen LogP contribution in [0.3, 0.4) is 0 Å². The van der Waals surface area contributed by atoms with Gasteiger partial charge >= 0.3 is 5.97 Å². The van der Waals surface area contributed by atoms with Crippen molar-refractivity contribution in [1.29, 1.82) is 0 Å². The number of aromatic nitrogens is 1. The first-order chi connectivity index (χ1) is 12.6. The predicted octanol–water partition coefficient (Wildman–Crippen LogP) is 2.87. The van der Waals surface area contributed by atoms with Crippen LogP contribution in [0.5, 0.6) is 0 Å². The molecule has 2 aliphatic rings. The van der Waals surface area contributed by atoms with Crippen LogP contribution in [-0.4, -0.2) is 34.2 Å². The van der Waals surface area contributed by atoms with E-state index in [9.17, 15) is 14.4 Å². The van der Waals surface area contributed by atoms with E-state index in [-0.39, 0.29) is 36.8 Å². The van der Waals surface area contributed by atoms with E-state index < -0.39 is 5.97 Å². The molecule has 0 aromatic carbocycles. The highest BCUT2D eigenvalue weighted by atomic mass is 32.1. The van der Waals surface area contributed by atoms with Gasteiger partial charge in [-0.1, -0.05) is 18.2 Å². The van der Waals surface area contributed by atoms with Crippen LogP contribution in [0.4, 0.5) is 0 Å². The van der Waals surface area contributed by atoms with Crippen LogP contribution in [0.2, 0.25) is 0 Å². The highest BCUT2D eigenvalue weighted by Crippen LogP contribution is 2.35. The van der Waals surface area contributed by atoms with Crippen LogP contribution in [0.15, 0.2) is 35.0 Å². The van der Waals surface area contributed by atoms with E-state index in [0.717, 1.165) is 14.8 Å². The molecule has 1 aliphatic heterocycles. The highest BCUT2D eigenvalue weighted by Gasteiger charge is 2.47. The molecule has 8 heteroatoms. The lowest BCUT2D eigenvalue weighted by Crippen LogP contribution is -2.36. The molecule has 3 heterocycles.